The van der Waals surface area contributed by atoms with Crippen LogP contribution in [0.4, 0.5) is 0 Å². The summed E-state index contributed by atoms with van der Waals surface area (Å²) in [6, 6.07) is 6.29. The van der Waals surface area contributed by atoms with Gasteiger partial charge in [-0.05, 0) is 11.4 Å². The van der Waals surface area contributed by atoms with Crippen molar-refractivity contribution in [2.45, 2.75) is 26.2 Å². The third-order valence-electron chi connectivity index (χ3n) is 2.17. The van der Waals surface area contributed by atoms with E-state index in [0.717, 1.165) is 20.5 Å². The smallest absolute Gasteiger partial charge is 0.134 e. The Bertz CT molecular complexity index is 524. The highest BCUT2D eigenvalue weighted by Gasteiger charge is 2.23. The molecule has 0 N–H and O–H groups in total. The van der Waals surface area contributed by atoms with Gasteiger partial charge in [-0.1, -0.05) is 26.8 Å². The van der Waals surface area contributed by atoms with Crippen molar-refractivity contribution in [3.8, 4) is 16.0 Å². The molecule has 0 aliphatic rings. The first kappa shape index (κ1) is 11.3. The third-order valence-corrected chi connectivity index (χ3v) is 4.17. The Morgan fingerprint density at radius 3 is 2.56 bits per heavy atom. The largest absolute Gasteiger partial charge is 0.238 e. The molecule has 0 aromatic carbocycles. The van der Waals surface area contributed by atoms with Crippen LogP contribution in [0.2, 0.25) is 0 Å². The number of nitrogens with zero attached hydrogens (tertiary/aromatic N) is 2. The molecule has 0 aliphatic carbocycles. The van der Waals surface area contributed by atoms with Crippen LogP contribution in [0.25, 0.3) is 9.88 Å². The molecule has 2 nitrogen and oxygen atoms in total. The molecule has 0 saturated carbocycles. The van der Waals surface area contributed by atoms with Crippen molar-refractivity contribution < 1.29 is 0 Å². The van der Waals surface area contributed by atoms with E-state index in [0.29, 0.717) is 0 Å². The molecule has 82 valence electrons. The van der Waals surface area contributed by atoms with Gasteiger partial charge in [0.25, 0.3) is 0 Å². The van der Waals surface area contributed by atoms with E-state index in [4.69, 9.17) is 5.26 Å². The lowest BCUT2D eigenvalue weighted by molar-refractivity contribution is 0.572. The molecule has 2 aromatic rings. The predicted molar refractivity (Wildman–Crippen MR) is 68.8 cm³/mol. The topological polar surface area (TPSA) is 36.7 Å². The zero-order chi connectivity index (χ0) is 11.8. The fraction of sp³-hybridized carbons (Fsp3) is 0.333. The Morgan fingerprint density at radius 2 is 2.12 bits per heavy atom. The van der Waals surface area contributed by atoms with Crippen molar-refractivity contribution in [3.05, 3.63) is 28.1 Å². The highest BCUT2D eigenvalue weighted by atomic mass is 32.1. The fourth-order valence-corrected chi connectivity index (χ4v) is 3.28. The number of nitriles is 1. The average Bonchev–Trinajstić information content (AvgIpc) is 2.85. The standard InChI is InChI=1S/C12H12N2S2/c1-12(2,3)10-9(7-13)16-11(14-10)8-5-4-6-15-8/h4-6H,1-3H3. The maximum Gasteiger partial charge on any atom is 0.134 e. The van der Waals surface area contributed by atoms with E-state index < -0.39 is 0 Å². The van der Waals surface area contributed by atoms with Gasteiger partial charge in [0.2, 0.25) is 0 Å². The molecule has 0 radical (unpaired) electrons. The molecular weight excluding hydrogens is 236 g/mol. The summed E-state index contributed by atoms with van der Waals surface area (Å²) < 4.78 is 0. The molecule has 16 heavy (non-hydrogen) atoms. The van der Waals surface area contributed by atoms with Crippen molar-refractivity contribution in [3.63, 3.8) is 0 Å². The van der Waals surface area contributed by atoms with Gasteiger partial charge in [0.05, 0.1) is 10.6 Å². The summed E-state index contributed by atoms with van der Waals surface area (Å²) in [4.78, 5) is 6.47. The van der Waals surface area contributed by atoms with Crippen molar-refractivity contribution in [1.29, 1.82) is 5.26 Å². The van der Waals surface area contributed by atoms with Gasteiger partial charge in [0.15, 0.2) is 0 Å². The van der Waals surface area contributed by atoms with Crippen LogP contribution in [-0.4, -0.2) is 4.98 Å². The number of rotatable bonds is 1. The van der Waals surface area contributed by atoms with Crippen LogP contribution in [-0.2, 0) is 5.41 Å². The van der Waals surface area contributed by atoms with E-state index >= 15 is 0 Å². The van der Waals surface area contributed by atoms with Crippen LogP contribution in [0, 0.1) is 11.3 Å². The van der Waals surface area contributed by atoms with Gasteiger partial charge in [0.1, 0.15) is 16.0 Å². The Hall–Kier alpha value is -1.18. The van der Waals surface area contributed by atoms with Gasteiger partial charge in [-0.25, -0.2) is 4.98 Å². The molecular formula is C12H12N2S2. The van der Waals surface area contributed by atoms with Gasteiger partial charge >= 0.3 is 0 Å². The normalized spacial score (nSPS) is 11.4. The second-order valence-electron chi connectivity index (χ2n) is 4.54. The molecule has 0 spiro atoms. The highest BCUT2D eigenvalue weighted by Crippen LogP contribution is 2.35. The highest BCUT2D eigenvalue weighted by molar-refractivity contribution is 7.21. The van der Waals surface area contributed by atoms with Gasteiger partial charge in [-0.3, -0.25) is 0 Å². The van der Waals surface area contributed by atoms with Gasteiger partial charge in [-0.2, -0.15) is 5.26 Å². The Labute approximate surface area is 103 Å². The number of thiophene rings is 1. The average molecular weight is 248 g/mol. The molecule has 0 unspecified atom stereocenters. The van der Waals surface area contributed by atoms with Gasteiger partial charge < -0.3 is 0 Å². The maximum atomic E-state index is 9.12. The van der Waals surface area contributed by atoms with Gasteiger partial charge in [-0.15, -0.1) is 22.7 Å². The first-order chi connectivity index (χ1) is 7.52. The summed E-state index contributed by atoms with van der Waals surface area (Å²) >= 11 is 3.14. The van der Waals surface area contributed by atoms with E-state index in [1.807, 2.05) is 17.5 Å². The Morgan fingerprint density at radius 1 is 1.38 bits per heavy atom. The summed E-state index contributed by atoms with van der Waals surface area (Å²) in [5.74, 6) is 0. The zero-order valence-corrected chi connectivity index (χ0v) is 11.1. The van der Waals surface area contributed by atoms with Crippen LogP contribution in [0.5, 0.6) is 0 Å². The SMILES string of the molecule is CC(C)(C)c1nc(-c2cccs2)sc1C#N. The molecule has 0 aliphatic heterocycles. The quantitative estimate of drug-likeness (QED) is 0.763. The second kappa shape index (κ2) is 4.00. The first-order valence-corrected chi connectivity index (χ1v) is 6.67. The van der Waals surface area contributed by atoms with Crippen LogP contribution in [0.15, 0.2) is 17.5 Å². The van der Waals surface area contributed by atoms with Crippen molar-refractivity contribution >= 4 is 22.7 Å². The zero-order valence-electron chi connectivity index (χ0n) is 9.44. The number of hydrogen-bond acceptors (Lipinski definition) is 4. The van der Waals surface area contributed by atoms with Crippen LogP contribution in [0.3, 0.4) is 0 Å². The van der Waals surface area contributed by atoms with E-state index in [9.17, 15) is 0 Å². The molecule has 0 saturated heterocycles. The molecule has 0 bridgehead atoms. The minimum absolute atomic E-state index is 0.0723. The minimum atomic E-state index is -0.0723. The number of aromatic nitrogens is 1. The summed E-state index contributed by atoms with van der Waals surface area (Å²) in [6.45, 7) is 6.25. The molecule has 2 heterocycles. The molecule has 2 rings (SSSR count). The minimum Gasteiger partial charge on any atom is -0.238 e. The molecule has 0 atom stereocenters. The molecule has 0 fully saturated rings. The maximum absolute atomic E-state index is 9.12. The molecule has 0 amide bonds. The second-order valence-corrected chi connectivity index (χ2v) is 6.48. The summed E-state index contributed by atoms with van der Waals surface area (Å²) in [5.41, 5.74) is 0.834. The molecule has 4 heteroatoms. The number of thiazole rings is 1. The monoisotopic (exact) mass is 248 g/mol. The van der Waals surface area contributed by atoms with Gasteiger partial charge in [0, 0.05) is 5.41 Å². The lowest BCUT2D eigenvalue weighted by Crippen LogP contribution is -2.13. The Balaban J connectivity index is 2.54. The number of hydrogen-bond donors (Lipinski definition) is 0. The Kier molecular flexibility index (Phi) is 2.83. The fourth-order valence-electron chi connectivity index (χ4n) is 1.41. The van der Waals surface area contributed by atoms with E-state index in [1.165, 1.54) is 11.3 Å². The third kappa shape index (κ3) is 2.01. The van der Waals surface area contributed by atoms with Crippen LogP contribution in [0.1, 0.15) is 31.3 Å². The summed E-state index contributed by atoms with van der Waals surface area (Å²) in [6.07, 6.45) is 0. The molecule has 2 aromatic heterocycles. The van der Waals surface area contributed by atoms with Crippen molar-refractivity contribution in [2.24, 2.45) is 0 Å². The predicted octanol–water partition coefficient (Wildman–Crippen LogP) is 4.04. The lowest BCUT2D eigenvalue weighted by Gasteiger charge is -2.15. The van der Waals surface area contributed by atoms with E-state index in [1.54, 1.807) is 11.3 Å². The summed E-state index contributed by atoms with van der Waals surface area (Å²) in [5, 5.41) is 12.1. The van der Waals surface area contributed by atoms with E-state index in [-0.39, 0.29) is 5.41 Å². The van der Waals surface area contributed by atoms with Crippen LogP contribution >= 0.6 is 22.7 Å². The first-order valence-electron chi connectivity index (χ1n) is 4.97. The van der Waals surface area contributed by atoms with E-state index in [2.05, 4.69) is 31.8 Å². The summed E-state index contributed by atoms with van der Waals surface area (Å²) in [7, 11) is 0. The van der Waals surface area contributed by atoms with Crippen molar-refractivity contribution in [1.82, 2.24) is 4.98 Å². The lowest BCUT2D eigenvalue weighted by atomic mass is 9.91. The van der Waals surface area contributed by atoms with Crippen molar-refractivity contribution in [2.75, 3.05) is 0 Å². The van der Waals surface area contributed by atoms with Crippen LogP contribution < -0.4 is 0 Å².